The van der Waals surface area contributed by atoms with E-state index in [0.29, 0.717) is 12.5 Å². The molecule has 1 aromatic heterocycles. The number of nitrogens with one attached hydrogen (secondary N) is 1. The number of para-hydroxylation sites is 2. The Morgan fingerprint density at radius 2 is 2.31 bits per heavy atom. The van der Waals surface area contributed by atoms with Crippen molar-refractivity contribution in [1.29, 1.82) is 0 Å². The summed E-state index contributed by atoms with van der Waals surface area (Å²) >= 11 is 0. The van der Waals surface area contributed by atoms with E-state index in [-0.39, 0.29) is 5.91 Å². The van der Waals surface area contributed by atoms with Gasteiger partial charge in [-0.05, 0) is 12.1 Å². The Bertz CT molecular complexity index is 542. The number of nitrogens with zero attached hydrogens (tertiary/aromatic N) is 2. The first kappa shape index (κ1) is 10.4. The second-order valence-corrected chi connectivity index (χ2v) is 3.50. The molecule has 0 aliphatic heterocycles. The van der Waals surface area contributed by atoms with Gasteiger partial charge in [-0.3, -0.25) is 10.1 Å². The lowest BCUT2D eigenvalue weighted by Crippen LogP contribution is -2.11. The van der Waals surface area contributed by atoms with Crippen molar-refractivity contribution < 1.29 is 4.79 Å². The molecule has 2 rings (SSSR count). The summed E-state index contributed by atoms with van der Waals surface area (Å²) in [6, 6.07) is 7.75. The first-order valence-corrected chi connectivity index (χ1v) is 5.06. The van der Waals surface area contributed by atoms with Gasteiger partial charge in [0, 0.05) is 13.5 Å². The largest absolute Gasteiger partial charge is 0.306 e. The third-order valence-electron chi connectivity index (χ3n) is 2.25. The van der Waals surface area contributed by atoms with Crippen LogP contribution in [0.15, 0.2) is 36.9 Å². The van der Waals surface area contributed by atoms with Crippen LogP contribution in [-0.2, 0) is 11.3 Å². The van der Waals surface area contributed by atoms with E-state index in [9.17, 15) is 4.79 Å². The van der Waals surface area contributed by atoms with Gasteiger partial charge in [0.05, 0.1) is 11.0 Å². The highest BCUT2D eigenvalue weighted by Crippen LogP contribution is 2.19. The molecule has 0 aliphatic rings. The van der Waals surface area contributed by atoms with E-state index in [1.807, 2.05) is 28.8 Å². The molecule has 0 saturated heterocycles. The predicted molar refractivity (Wildman–Crippen MR) is 64.2 cm³/mol. The van der Waals surface area contributed by atoms with Crippen LogP contribution in [0.3, 0.4) is 0 Å². The van der Waals surface area contributed by atoms with E-state index in [1.165, 1.54) is 6.92 Å². The number of carbonyl (C=O) groups excluding carboxylic acids is 1. The number of fused-ring (bicyclic) bond motifs is 1. The average molecular weight is 215 g/mol. The number of benzene rings is 1. The van der Waals surface area contributed by atoms with E-state index < -0.39 is 0 Å². The minimum atomic E-state index is -0.124. The zero-order valence-electron chi connectivity index (χ0n) is 9.10. The number of rotatable bonds is 3. The highest BCUT2D eigenvalue weighted by molar-refractivity contribution is 5.89. The highest BCUT2D eigenvalue weighted by Gasteiger charge is 2.09. The molecule has 0 unspecified atom stereocenters. The second-order valence-electron chi connectivity index (χ2n) is 3.50. The third-order valence-corrected chi connectivity index (χ3v) is 2.25. The van der Waals surface area contributed by atoms with Gasteiger partial charge in [-0.25, -0.2) is 4.98 Å². The van der Waals surface area contributed by atoms with Gasteiger partial charge < -0.3 is 4.57 Å². The van der Waals surface area contributed by atoms with Crippen molar-refractivity contribution in [3.63, 3.8) is 0 Å². The molecule has 0 atom stereocenters. The number of amides is 1. The zero-order chi connectivity index (χ0) is 11.5. The summed E-state index contributed by atoms with van der Waals surface area (Å²) in [5.41, 5.74) is 1.86. The van der Waals surface area contributed by atoms with Gasteiger partial charge in [-0.2, -0.15) is 0 Å². The molecular weight excluding hydrogens is 202 g/mol. The molecule has 4 heteroatoms. The molecule has 0 saturated carbocycles. The Labute approximate surface area is 93.6 Å². The first-order valence-electron chi connectivity index (χ1n) is 5.06. The maximum absolute atomic E-state index is 11.1. The van der Waals surface area contributed by atoms with Crippen LogP contribution in [0, 0.1) is 0 Å². The van der Waals surface area contributed by atoms with Crippen molar-refractivity contribution in [3.05, 3.63) is 36.9 Å². The Hall–Kier alpha value is -2.10. The Morgan fingerprint density at radius 3 is 3.00 bits per heavy atom. The molecule has 0 fully saturated rings. The van der Waals surface area contributed by atoms with Crippen LogP contribution in [0.4, 0.5) is 5.95 Å². The normalized spacial score (nSPS) is 10.3. The number of hydrogen-bond donors (Lipinski definition) is 1. The van der Waals surface area contributed by atoms with Gasteiger partial charge in [0.15, 0.2) is 0 Å². The molecule has 1 amide bonds. The summed E-state index contributed by atoms with van der Waals surface area (Å²) < 4.78 is 1.92. The van der Waals surface area contributed by atoms with Crippen LogP contribution in [0.5, 0.6) is 0 Å². The quantitative estimate of drug-likeness (QED) is 0.798. The molecule has 0 radical (unpaired) electrons. The fourth-order valence-corrected chi connectivity index (χ4v) is 1.64. The van der Waals surface area contributed by atoms with Crippen molar-refractivity contribution in [3.8, 4) is 0 Å². The average Bonchev–Trinajstić information content (AvgIpc) is 2.57. The first-order chi connectivity index (χ1) is 7.72. The molecular formula is C12H13N3O. The van der Waals surface area contributed by atoms with Gasteiger partial charge in [-0.15, -0.1) is 6.58 Å². The summed E-state index contributed by atoms with van der Waals surface area (Å²) in [5.74, 6) is 0.439. The smallest absolute Gasteiger partial charge is 0.223 e. The summed E-state index contributed by atoms with van der Waals surface area (Å²) in [5, 5.41) is 2.71. The van der Waals surface area contributed by atoms with Crippen LogP contribution in [0.25, 0.3) is 11.0 Å². The lowest BCUT2D eigenvalue weighted by atomic mass is 10.3. The van der Waals surface area contributed by atoms with Crippen LogP contribution in [-0.4, -0.2) is 15.5 Å². The summed E-state index contributed by atoms with van der Waals surface area (Å²) in [6.45, 7) is 5.79. The second kappa shape index (κ2) is 4.18. The molecule has 0 aliphatic carbocycles. The molecule has 1 N–H and O–H groups in total. The van der Waals surface area contributed by atoms with Crippen molar-refractivity contribution in [1.82, 2.24) is 9.55 Å². The van der Waals surface area contributed by atoms with Crippen molar-refractivity contribution in [2.24, 2.45) is 0 Å². The number of anilines is 1. The monoisotopic (exact) mass is 215 g/mol. The van der Waals surface area contributed by atoms with Gasteiger partial charge in [0.1, 0.15) is 0 Å². The molecule has 82 valence electrons. The standard InChI is InChI=1S/C12H13N3O/c1-3-8-15-11-7-5-4-6-10(11)14-12(15)13-9(2)16/h3-7H,1,8H2,2H3,(H,13,14,16). The van der Waals surface area contributed by atoms with E-state index >= 15 is 0 Å². The number of hydrogen-bond acceptors (Lipinski definition) is 2. The van der Waals surface area contributed by atoms with E-state index in [2.05, 4.69) is 16.9 Å². The van der Waals surface area contributed by atoms with Gasteiger partial charge in [0.2, 0.25) is 11.9 Å². The number of carbonyl (C=O) groups is 1. The number of allylic oxidation sites excluding steroid dienone is 1. The maximum Gasteiger partial charge on any atom is 0.223 e. The minimum Gasteiger partial charge on any atom is -0.306 e. The van der Waals surface area contributed by atoms with Gasteiger partial charge in [0.25, 0.3) is 0 Å². The summed E-state index contributed by atoms with van der Waals surface area (Å²) in [4.78, 5) is 15.4. The lowest BCUT2D eigenvalue weighted by molar-refractivity contribution is -0.114. The molecule has 0 spiro atoms. The summed E-state index contributed by atoms with van der Waals surface area (Å²) in [7, 11) is 0. The fourth-order valence-electron chi connectivity index (χ4n) is 1.64. The highest BCUT2D eigenvalue weighted by atomic mass is 16.1. The summed E-state index contributed by atoms with van der Waals surface area (Å²) in [6.07, 6.45) is 1.78. The van der Waals surface area contributed by atoms with Crippen molar-refractivity contribution in [2.75, 3.05) is 5.32 Å². The van der Waals surface area contributed by atoms with E-state index in [0.717, 1.165) is 11.0 Å². The molecule has 0 bridgehead atoms. The van der Waals surface area contributed by atoms with Crippen LogP contribution >= 0.6 is 0 Å². The van der Waals surface area contributed by atoms with E-state index in [4.69, 9.17) is 0 Å². The van der Waals surface area contributed by atoms with Crippen LogP contribution in [0.2, 0.25) is 0 Å². The van der Waals surface area contributed by atoms with Crippen molar-refractivity contribution >= 4 is 22.9 Å². The number of aromatic nitrogens is 2. The predicted octanol–water partition coefficient (Wildman–Crippen LogP) is 2.18. The lowest BCUT2D eigenvalue weighted by Gasteiger charge is -2.05. The SMILES string of the molecule is C=CCn1c(NC(C)=O)nc2ccccc21. The molecule has 4 nitrogen and oxygen atoms in total. The zero-order valence-corrected chi connectivity index (χ0v) is 9.10. The fraction of sp³-hybridized carbons (Fsp3) is 0.167. The molecule has 16 heavy (non-hydrogen) atoms. The molecule has 2 aromatic rings. The Kier molecular flexibility index (Phi) is 2.72. The van der Waals surface area contributed by atoms with Crippen molar-refractivity contribution in [2.45, 2.75) is 13.5 Å². The molecule has 1 aromatic carbocycles. The topological polar surface area (TPSA) is 46.9 Å². The van der Waals surface area contributed by atoms with E-state index in [1.54, 1.807) is 6.08 Å². The Balaban J connectivity index is 2.57. The molecule has 1 heterocycles. The minimum absolute atomic E-state index is 0.124. The van der Waals surface area contributed by atoms with Gasteiger partial charge in [-0.1, -0.05) is 18.2 Å². The maximum atomic E-state index is 11.1. The van der Waals surface area contributed by atoms with Crippen LogP contribution in [0.1, 0.15) is 6.92 Å². The van der Waals surface area contributed by atoms with Gasteiger partial charge >= 0.3 is 0 Å². The number of imidazole rings is 1. The Morgan fingerprint density at radius 1 is 1.56 bits per heavy atom. The van der Waals surface area contributed by atoms with Crippen LogP contribution < -0.4 is 5.32 Å². The third kappa shape index (κ3) is 1.82.